The van der Waals surface area contributed by atoms with Gasteiger partial charge in [0.15, 0.2) is 5.65 Å². The van der Waals surface area contributed by atoms with Crippen molar-refractivity contribution in [2.75, 3.05) is 5.32 Å². The molecule has 0 bridgehead atoms. The molecule has 1 aliphatic rings. The molecule has 27 heavy (non-hydrogen) atoms. The summed E-state index contributed by atoms with van der Waals surface area (Å²) in [5.41, 5.74) is 2.59. The zero-order chi connectivity index (χ0) is 18.6. The topological polar surface area (TPSA) is 101 Å². The van der Waals surface area contributed by atoms with E-state index in [4.69, 9.17) is 0 Å². The Kier molecular flexibility index (Phi) is 5.15. The maximum Gasteiger partial charge on any atom is 0.227 e. The number of benzene rings is 1. The zero-order valence-electron chi connectivity index (χ0n) is 14.6. The van der Waals surface area contributed by atoms with E-state index in [1.54, 1.807) is 18.0 Å². The minimum absolute atomic E-state index is 0.00297. The number of amides is 1. The fourth-order valence-corrected chi connectivity index (χ4v) is 4.10. The highest BCUT2D eigenvalue weighted by Crippen LogP contribution is 2.28. The molecule has 2 heterocycles. The molecular formula is C19H19N5O2S. The third-order valence-corrected chi connectivity index (χ3v) is 5.77. The minimum Gasteiger partial charge on any atom is -0.326 e. The van der Waals surface area contributed by atoms with Gasteiger partial charge in [0, 0.05) is 30.2 Å². The third-order valence-electron chi connectivity index (χ3n) is 4.70. The Labute approximate surface area is 160 Å². The number of anilines is 1. The number of nitrogens with zero attached hydrogens (tertiary/aromatic N) is 3. The molecule has 1 amide bonds. The lowest BCUT2D eigenvalue weighted by Crippen LogP contribution is -2.27. The van der Waals surface area contributed by atoms with Crippen LogP contribution in [0.5, 0.6) is 0 Å². The number of carbonyl (C=O) groups excluding carboxylic acids is 2. The van der Waals surface area contributed by atoms with Gasteiger partial charge in [-0.25, -0.2) is 9.97 Å². The number of Topliss-reactive ketones (excluding diaryl/α,β-unsaturated/α-hetero) is 1. The average molecular weight is 381 g/mol. The summed E-state index contributed by atoms with van der Waals surface area (Å²) in [6, 6.07) is 7.82. The number of hydrogen-bond donors (Lipinski definition) is 2. The molecule has 3 aromatic rings. The first-order valence-corrected chi connectivity index (χ1v) is 9.86. The summed E-state index contributed by atoms with van der Waals surface area (Å²) >= 11 is 1.60. The number of H-pyrrole nitrogens is 1. The molecule has 4 rings (SSSR count). The van der Waals surface area contributed by atoms with Crippen LogP contribution < -0.4 is 5.32 Å². The highest BCUT2D eigenvalue weighted by Gasteiger charge is 2.24. The molecule has 0 unspecified atom stereocenters. The van der Waals surface area contributed by atoms with Crippen LogP contribution in [0.3, 0.4) is 0 Å². The van der Waals surface area contributed by atoms with Crippen LogP contribution in [0.4, 0.5) is 5.69 Å². The standard InChI is InChI=1S/C19H19N5O2S/c25-15-6-4-13(5-7-15)18(26)23-14-3-1-2-12(8-14)10-27-19-16-9-22-24-17(16)20-11-21-19/h1-3,8-9,11,13H,4-7,10H2,(H,23,26)(H,20,21,22,24). The number of aromatic amines is 1. The van der Waals surface area contributed by atoms with Gasteiger partial charge in [-0.05, 0) is 30.5 Å². The van der Waals surface area contributed by atoms with Gasteiger partial charge in [-0.1, -0.05) is 12.1 Å². The van der Waals surface area contributed by atoms with Crippen molar-refractivity contribution in [2.24, 2.45) is 5.92 Å². The molecule has 0 atom stereocenters. The van der Waals surface area contributed by atoms with Gasteiger partial charge in [0.1, 0.15) is 17.1 Å². The lowest BCUT2D eigenvalue weighted by Gasteiger charge is -2.20. The van der Waals surface area contributed by atoms with Crippen LogP contribution in [0.15, 0.2) is 41.8 Å². The smallest absolute Gasteiger partial charge is 0.227 e. The van der Waals surface area contributed by atoms with E-state index in [1.165, 1.54) is 6.33 Å². The molecule has 7 nitrogen and oxygen atoms in total. The Balaban J connectivity index is 1.39. The van der Waals surface area contributed by atoms with Gasteiger partial charge < -0.3 is 5.32 Å². The molecule has 1 aliphatic carbocycles. The Morgan fingerprint density at radius 1 is 1.26 bits per heavy atom. The van der Waals surface area contributed by atoms with Crippen LogP contribution >= 0.6 is 11.8 Å². The molecule has 8 heteroatoms. The SMILES string of the molecule is O=C1CCC(C(=O)Nc2cccc(CSc3ncnc4[nH]ncc34)c2)CC1. The van der Waals surface area contributed by atoms with Crippen molar-refractivity contribution in [3.8, 4) is 0 Å². The number of aromatic nitrogens is 4. The Morgan fingerprint density at radius 2 is 2.11 bits per heavy atom. The van der Waals surface area contributed by atoms with Crippen molar-refractivity contribution >= 4 is 40.2 Å². The van der Waals surface area contributed by atoms with Crippen LogP contribution in [-0.4, -0.2) is 31.9 Å². The van der Waals surface area contributed by atoms with Gasteiger partial charge >= 0.3 is 0 Å². The molecule has 1 saturated carbocycles. The number of ketones is 1. The van der Waals surface area contributed by atoms with Crippen LogP contribution in [0.2, 0.25) is 0 Å². The van der Waals surface area contributed by atoms with Gasteiger partial charge in [0.25, 0.3) is 0 Å². The van der Waals surface area contributed by atoms with Gasteiger partial charge in [-0.2, -0.15) is 5.10 Å². The number of hydrogen-bond acceptors (Lipinski definition) is 6. The van der Waals surface area contributed by atoms with E-state index in [9.17, 15) is 9.59 Å². The fraction of sp³-hybridized carbons (Fsp3) is 0.316. The van der Waals surface area contributed by atoms with Gasteiger partial charge in [0.2, 0.25) is 5.91 Å². The normalized spacial score (nSPS) is 15.2. The molecule has 0 aliphatic heterocycles. The van der Waals surface area contributed by atoms with Crippen molar-refractivity contribution < 1.29 is 9.59 Å². The first-order valence-electron chi connectivity index (χ1n) is 8.87. The van der Waals surface area contributed by atoms with Crippen molar-refractivity contribution in [3.05, 3.63) is 42.4 Å². The van der Waals surface area contributed by atoms with Crippen molar-refractivity contribution in [3.63, 3.8) is 0 Å². The second kappa shape index (κ2) is 7.87. The number of nitrogens with one attached hydrogen (secondary N) is 2. The summed E-state index contributed by atoms with van der Waals surface area (Å²) in [5.74, 6) is 0.910. The van der Waals surface area contributed by atoms with Crippen LogP contribution in [0.25, 0.3) is 11.0 Å². The van der Waals surface area contributed by atoms with Gasteiger partial charge in [-0.15, -0.1) is 11.8 Å². The Bertz CT molecular complexity index is 977. The summed E-state index contributed by atoms with van der Waals surface area (Å²) < 4.78 is 0. The first kappa shape index (κ1) is 17.7. The van der Waals surface area contributed by atoms with E-state index >= 15 is 0 Å². The summed E-state index contributed by atoms with van der Waals surface area (Å²) in [4.78, 5) is 32.2. The summed E-state index contributed by atoms with van der Waals surface area (Å²) in [6.45, 7) is 0. The highest BCUT2D eigenvalue weighted by atomic mass is 32.2. The monoisotopic (exact) mass is 381 g/mol. The van der Waals surface area contributed by atoms with E-state index < -0.39 is 0 Å². The maximum atomic E-state index is 12.4. The third kappa shape index (κ3) is 4.16. The van der Waals surface area contributed by atoms with E-state index in [0.717, 1.165) is 33.1 Å². The molecular weight excluding hydrogens is 362 g/mol. The highest BCUT2D eigenvalue weighted by molar-refractivity contribution is 7.98. The van der Waals surface area contributed by atoms with Crippen molar-refractivity contribution in [1.82, 2.24) is 20.2 Å². The minimum atomic E-state index is -0.0730. The van der Waals surface area contributed by atoms with Crippen molar-refractivity contribution in [2.45, 2.75) is 36.5 Å². The molecule has 0 saturated heterocycles. The van der Waals surface area contributed by atoms with E-state index in [0.29, 0.717) is 25.7 Å². The predicted molar refractivity (Wildman–Crippen MR) is 103 cm³/mol. The summed E-state index contributed by atoms with van der Waals surface area (Å²) in [5, 5.41) is 11.6. The average Bonchev–Trinajstić information content (AvgIpc) is 3.16. The van der Waals surface area contributed by atoms with Gasteiger partial charge in [0.05, 0.1) is 11.6 Å². The molecule has 0 spiro atoms. The molecule has 138 valence electrons. The first-order chi connectivity index (χ1) is 13.2. The molecule has 2 N–H and O–H groups in total. The van der Waals surface area contributed by atoms with Crippen LogP contribution in [0.1, 0.15) is 31.2 Å². The van der Waals surface area contributed by atoms with E-state index in [1.807, 2.05) is 24.3 Å². The number of rotatable bonds is 5. The predicted octanol–water partition coefficient (Wildman–Crippen LogP) is 3.34. The summed E-state index contributed by atoms with van der Waals surface area (Å²) in [7, 11) is 0. The largest absolute Gasteiger partial charge is 0.326 e. The van der Waals surface area contributed by atoms with Crippen LogP contribution in [-0.2, 0) is 15.3 Å². The fourth-order valence-electron chi connectivity index (χ4n) is 3.19. The maximum absolute atomic E-state index is 12.4. The number of fused-ring (bicyclic) bond motifs is 1. The number of carbonyl (C=O) groups is 2. The Morgan fingerprint density at radius 3 is 2.96 bits per heavy atom. The molecule has 1 aromatic carbocycles. The Hall–Kier alpha value is -2.74. The summed E-state index contributed by atoms with van der Waals surface area (Å²) in [6.07, 6.45) is 5.56. The van der Waals surface area contributed by atoms with Crippen molar-refractivity contribution in [1.29, 1.82) is 0 Å². The lowest BCUT2D eigenvalue weighted by atomic mass is 9.88. The number of thioether (sulfide) groups is 1. The lowest BCUT2D eigenvalue weighted by molar-refractivity contribution is -0.125. The molecule has 2 aromatic heterocycles. The molecule has 1 fully saturated rings. The second-order valence-corrected chi connectivity index (χ2v) is 7.57. The molecule has 0 radical (unpaired) electrons. The zero-order valence-corrected chi connectivity index (χ0v) is 15.5. The second-order valence-electron chi connectivity index (χ2n) is 6.60. The van der Waals surface area contributed by atoms with Crippen LogP contribution in [0, 0.1) is 5.92 Å². The quantitative estimate of drug-likeness (QED) is 0.519. The van der Waals surface area contributed by atoms with E-state index in [-0.39, 0.29) is 17.6 Å². The van der Waals surface area contributed by atoms with Gasteiger partial charge in [-0.3, -0.25) is 14.7 Å². The van der Waals surface area contributed by atoms with E-state index in [2.05, 4.69) is 25.5 Å².